The summed E-state index contributed by atoms with van der Waals surface area (Å²) in [4.78, 5) is 17.7. The van der Waals surface area contributed by atoms with Crippen molar-refractivity contribution in [1.29, 1.82) is 0 Å². The van der Waals surface area contributed by atoms with E-state index in [0.29, 0.717) is 17.8 Å². The lowest BCUT2D eigenvalue weighted by molar-refractivity contribution is 0.0782. The molecule has 0 unspecified atom stereocenters. The van der Waals surface area contributed by atoms with Gasteiger partial charge < -0.3 is 16.0 Å². The molecule has 1 aromatic carbocycles. The van der Waals surface area contributed by atoms with Gasteiger partial charge in [-0.15, -0.1) is 0 Å². The minimum atomic E-state index is -0.515. The molecule has 2 aromatic rings. The van der Waals surface area contributed by atoms with Crippen LogP contribution in [0, 0.1) is 5.82 Å². The number of nitrogens with two attached hydrogens (primary N) is 1. The monoisotopic (exact) mass is 286 g/mol. The van der Waals surface area contributed by atoms with Crippen LogP contribution in [0.4, 0.5) is 21.6 Å². The number of likely N-dealkylation sites (N-methyl/N-ethyl adjacent to an activating group) is 1. The Labute approximate surface area is 121 Å². The highest BCUT2D eigenvalue weighted by atomic mass is 19.1. The van der Waals surface area contributed by atoms with Crippen LogP contribution in [-0.4, -0.2) is 29.4 Å². The van der Waals surface area contributed by atoms with Gasteiger partial charge in [-0.05, 0) is 18.1 Å². The number of anilines is 3. The summed E-state index contributed by atoms with van der Waals surface area (Å²) in [6.07, 6.45) is 1.84. The highest BCUT2D eigenvalue weighted by Crippen LogP contribution is 2.29. The molecule has 0 saturated heterocycles. The number of halogens is 1. The van der Waals surface area contributed by atoms with Crippen LogP contribution in [-0.2, 0) is 6.42 Å². The lowest BCUT2D eigenvalue weighted by atomic mass is 9.97. The van der Waals surface area contributed by atoms with Gasteiger partial charge in [0, 0.05) is 19.7 Å². The highest BCUT2D eigenvalue weighted by Gasteiger charge is 2.24. The molecule has 1 amide bonds. The van der Waals surface area contributed by atoms with Crippen LogP contribution >= 0.6 is 0 Å². The second-order valence-corrected chi connectivity index (χ2v) is 5.03. The van der Waals surface area contributed by atoms with Crippen molar-refractivity contribution >= 4 is 23.1 Å². The molecule has 0 atom stereocenters. The average molecular weight is 286 g/mol. The molecule has 0 saturated carbocycles. The number of nitrogens with one attached hydrogen (secondary N) is 1. The standard InChI is InChI=1S/C15H15FN4O/c1-20-6-5-9-3-2-4-11(14(9)15(20)21)19-12-7-13(17)18-8-10(12)16/h2-4,7-8H,5-6H2,1H3,(H3,17,18,19). The highest BCUT2D eigenvalue weighted by molar-refractivity contribution is 6.02. The summed E-state index contributed by atoms with van der Waals surface area (Å²) in [5.74, 6) is -0.368. The summed E-state index contributed by atoms with van der Waals surface area (Å²) in [7, 11) is 1.76. The molecule has 5 nitrogen and oxygen atoms in total. The normalized spacial score (nSPS) is 14.0. The molecule has 6 heteroatoms. The zero-order valence-electron chi connectivity index (χ0n) is 11.6. The summed E-state index contributed by atoms with van der Waals surface area (Å²) in [5.41, 5.74) is 7.91. The second kappa shape index (κ2) is 5.05. The van der Waals surface area contributed by atoms with Crippen molar-refractivity contribution in [2.45, 2.75) is 6.42 Å². The van der Waals surface area contributed by atoms with E-state index in [9.17, 15) is 9.18 Å². The molecule has 0 spiro atoms. The second-order valence-electron chi connectivity index (χ2n) is 5.03. The molecule has 0 aliphatic carbocycles. The fourth-order valence-electron chi connectivity index (χ4n) is 2.44. The van der Waals surface area contributed by atoms with E-state index < -0.39 is 5.82 Å². The van der Waals surface area contributed by atoms with E-state index in [1.807, 2.05) is 12.1 Å². The Balaban J connectivity index is 2.04. The summed E-state index contributed by atoms with van der Waals surface area (Å²) < 4.78 is 13.8. The van der Waals surface area contributed by atoms with E-state index in [1.54, 1.807) is 18.0 Å². The minimum absolute atomic E-state index is 0.0678. The minimum Gasteiger partial charge on any atom is -0.384 e. The van der Waals surface area contributed by atoms with Gasteiger partial charge in [-0.2, -0.15) is 0 Å². The number of hydrogen-bond acceptors (Lipinski definition) is 4. The molecule has 3 rings (SSSR count). The number of hydrogen-bond donors (Lipinski definition) is 2. The first kappa shape index (κ1) is 13.4. The zero-order valence-corrected chi connectivity index (χ0v) is 11.6. The Hall–Kier alpha value is -2.63. The van der Waals surface area contributed by atoms with Gasteiger partial charge >= 0.3 is 0 Å². The molecule has 1 aliphatic rings. The smallest absolute Gasteiger partial charge is 0.255 e. The predicted molar refractivity (Wildman–Crippen MR) is 79.0 cm³/mol. The number of amides is 1. The maximum Gasteiger partial charge on any atom is 0.255 e. The average Bonchev–Trinajstić information content (AvgIpc) is 2.47. The molecular formula is C15H15FN4O. The quantitative estimate of drug-likeness (QED) is 0.887. The molecule has 0 bridgehead atoms. The number of rotatable bonds is 2. The van der Waals surface area contributed by atoms with E-state index >= 15 is 0 Å². The van der Waals surface area contributed by atoms with E-state index in [1.165, 1.54) is 6.07 Å². The first-order chi connectivity index (χ1) is 10.1. The largest absolute Gasteiger partial charge is 0.384 e. The number of benzene rings is 1. The van der Waals surface area contributed by atoms with Crippen molar-refractivity contribution in [2.24, 2.45) is 0 Å². The van der Waals surface area contributed by atoms with Crippen molar-refractivity contribution < 1.29 is 9.18 Å². The Morgan fingerprint density at radius 1 is 1.38 bits per heavy atom. The van der Waals surface area contributed by atoms with Crippen LogP contribution < -0.4 is 11.1 Å². The molecule has 108 valence electrons. The Morgan fingerprint density at radius 2 is 2.19 bits per heavy atom. The summed E-state index contributed by atoms with van der Waals surface area (Å²) in [5, 5.41) is 2.95. The van der Waals surface area contributed by atoms with Crippen LogP contribution in [0.2, 0.25) is 0 Å². The first-order valence-corrected chi connectivity index (χ1v) is 6.61. The zero-order chi connectivity index (χ0) is 15.0. The number of nitrogen functional groups attached to an aromatic ring is 1. The lowest BCUT2D eigenvalue weighted by Crippen LogP contribution is -2.34. The van der Waals surface area contributed by atoms with Gasteiger partial charge in [0.25, 0.3) is 5.91 Å². The van der Waals surface area contributed by atoms with Gasteiger partial charge in [-0.3, -0.25) is 4.79 Å². The van der Waals surface area contributed by atoms with Gasteiger partial charge in [-0.1, -0.05) is 12.1 Å². The number of pyridine rings is 1. The van der Waals surface area contributed by atoms with Crippen molar-refractivity contribution in [3.8, 4) is 0 Å². The molecule has 1 aliphatic heterocycles. The number of carbonyl (C=O) groups is 1. The maximum atomic E-state index is 13.8. The van der Waals surface area contributed by atoms with Crippen molar-refractivity contribution in [3.05, 3.63) is 47.4 Å². The van der Waals surface area contributed by atoms with E-state index in [-0.39, 0.29) is 17.4 Å². The van der Waals surface area contributed by atoms with Gasteiger partial charge in [0.15, 0.2) is 5.82 Å². The van der Waals surface area contributed by atoms with Gasteiger partial charge in [0.1, 0.15) is 5.82 Å². The number of carbonyl (C=O) groups excluding carboxylic acids is 1. The van der Waals surface area contributed by atoms with Crippen LogP contribution in [0.1, 0.15) is 15.9 Å². The maximum absolute atomic E-state index is 13.8. The van der Waals surface area contributed by atoms with Gasteiger partial charge in [0.05, 0.1) is 23.1 Å². The van der Waals surface area contributed by atoms with Crippen LogP contribution in [0.15, 0.2) is 30.5 Å². The summed E-state index contributed by atoms with van der Waals surface area (Å²) in [6.45, 7) is 0.686. The third-order valence-corrected chi connectivity index (χ3v) is 3.57. The topological polar surface area (TPSA) is 71.2 Å². The van der Waals surface area contributed by atoms with Crippen molar-refractivity contribution in [2.75, 3.05) is 24.6 Å². The molecule has 21 heavy (non-hydrogen) atoms. The van der Waals surface area contributed by atoms with E-state index in [2.05, 4.69) is 10.3 Å². The van der Waals surface area contributed by atoms with Crippen molar-refractivity contribution in [1.82, 2.24) is 9.88 Å². The fourth-order valence-corrected chi connectivity index (χ4v) is 2.44. The van der Waals surface area contributed by atoms with Gasteiger partial charge in [0.2, 0.25) is 0 Å². The van der Waals surface area contributed by atoms with Crippen LogP contribution in [0.3, 0.4) is 0 Å². The first-order valence-electron chi connectivity index (χ1n) is 6.61. The fraction of sp³-hybridized carbons (Fsp3) is 0.200. The summed E-state index contributed by atoms with van der Waals surface area (Å²) >= 11 is 0. The molecular weight excluding hydrogens is 271 g/mol. The van der Waals surface area contributed by atoms with Crippen molar-refractivity contribution in [3.63, 3.8) is 0 Å². The molecule has 1 aromatic heterocycles. The van der Waals surface area contributed by atoms with E-state index in [4.69, 9.17) is 5.73 Å². The van der Waals surface area contributed by atoms with Crippen LogP contribution in [0.5, 0.6) is 0 Å². The molecule has 3 N–H and O–H groups in total. The summed E-state index contributed by atoms with van der Waals surface area (Å²) in [6, 6.07) is 6.93. The Bertz CT molecular complexity index is 717. The number of aromatic nitrogens is 1. The van der Waals surface area contributed by atoms with E-state index in [0.717, 1.165) is 18.2 Å². The molecule has 0 fully saturated rings. The Kier molecular flexibility index (Phi) is 3.21. The third kappa shape index (κ3) is 2.40. The Morgan fingerprint density at radius 3 is 3.00 bits per heavy atom. The lowest BCUT2D eigenvalue weighted by Gasteiger charge is -2.26. The predicted octanol–water partition coefficient (Wildman–Crippen LogP) is 2.17. The third-order valence-electron chi connectivity index (χ3n) is 3.57. The van der Waals surface area contributed by atoms with Crippen LogP contribution in [0.25, 0.3) is 0 Å². The molecule has 2 heterocycles. The van der Waals surface area contributed by atoms with Gasteiger partial charge in [-0.25, -0.2) is 9.37 Å². The molecule has 0 radical (unpaired) electrons. The SMILES string of the molecule is CN1CCc2cccc(Nc3cc(N)ncc3F)c2C1=O. The number of fused-ring (bicyclic) bond motifs is 1. The number of nitrogens with zero attached hydrogens (tertiary/aromatic N) is 2.